The monoisotopic (exact) mass is 351 g/mol. The predicted molar refractivity (Wildman–Crippen MR) is 100 cm³/mol. The van der Waals surface area contributed by atoms with Gasteiger partial charge in [-0.25, -0.2) is 4.98 Å². The van der Waals surface area contributed by atoms with Crippen LogP contribution >= 0.6 is 0 Å². The second-order valence-corrected chi connectivity index (χ2v) is 5.85. The highest BCUT2D eigenvalue weighted by atomic mass is 16.5. The van der Waals surface area contributed by atoms with E-state index in [1.54, 1.807) is 34.9 Å². The molecule has 0 fully saturated rings. The molecule has 3 rings (SSSR count). The average molecular weight is 351 g/mol. The van der Waals surface area contributed by atoms with E-state index in [9.17, 15) is 9.59 Å². The Bertz CT molecular complexity index is 976. The number of Topliss-reactive ketones (excluding diaryl/α,β-unsaturated/α-hetero) is 1. The molecule has 2 heterocycles. The Kier molecular flexibility index (Phi) is 5.02. The van der Waals surface area contributed by atoms with Crippen LogP contribution in [-0.4, -0.2) is 27.7 Å². The minimum atomic E-state index is -0.274. The van der Waals surface area contributed by atoms with Gasteiger partial charge < -0.3 is 10.1 Å². The van der Waals surface area contributed by atoms with Crippen LogP contribution in [0.4, 0.5) is 5.69 Å². The van der Waals surface area contributed by atoms with Gasteiger partial charge in [-0.3, -0.25) is 14.0 Å². The van der Waals surface area contributed by atoms with E-state index < -0.39 is 0 Å². The number of carbonyl (C=O) groups excluding carboxylic acids is 2. The van der Waals surface area contributed by atoms with Crippen molar-refractivity contribution in [2.45, 2.75) is 27.2 Å². The molecule has 2 aromatic heterocycles. The predicted octanol–water partition coefficient (Wildman–Crippen LogP) is 3.75. The molecule has 0 spiro atoms. The van der Waals surface area contributed by atoms with Crippen molar-refractivity contribution in [2.75, 3.05) is 11.9 Å². The van der Waals surface area contributed by atoms with Gasteiger partial charge >= 0.3 is 0 Å². The van der Waals surface area contributed by atoms with Crippen molar-refractivity contribution in [3.63, 3.8) is 0 Å². The van der Waals surface area contributed by atoms with Crippen LogP contribution in [0.5, 0.6) is 5.75 Å². The number of ether oxygens (including phenoxy) is 1. The van der Waals surface area contributed by atoms with Gasteiger partial charge in [-0.15, -0.1) is 0 Å². The average Bonchev–Trinajstić information content (AvgIpc) is 3.02. The van der Waals surface area contributed by atoms with Crippen molar-refractivity contribution in [1.82, 2.24) is 9.38 Å². The molecule has 0 unspecified atom stereocenters. The highest BCUT2D eigenvalue weighted by Gasteiger charge is 2.20. The zero-order valence-corrected chi connectivity index (χ0v) is 15.1. The number of rotatable bonds is 6. The van der Waals surface area contributed by atoms with Gasteiger partial charge in [-0.05, 0) is 44.5 Å². The summed E-state index contributed by atoms with van der Waals surface area (Å²) in [6.07, 6.45) is 2.41. The van der Waals surface area contributed by atoms with Gasteiger partial charge in [-0.2, -0.15) is 0 Å². The van der Waals surface area contributed by atoms with Gasteiger partial charge in [0.25, 0.3) is 5.91 Å². The summed E-state index contributed by atoms with van der Waals surface area (Å²) < 4.78 is 7.36. The molecule has 1 amide bonds. The fourth-order valence-electron chi connectivity index (χ4n) is 2.85. The number of hydrogen-bond acceptors (Lipinski definition) is 4. The van der Waals surface area contributed by atoms with Crippen molar-refractivity contribution in [3.8, 4) is 5.75 Å². The van der Waals surface area contributed by atoms with E-state index in [0.717, 1.165) is 0 Å². The third-order valence-electron chi connectivity index (χ3n) is 4.06. The number of nitrogens with one attached hydrogen (secondary N) is 1. The summed E-state index contributed by atoms with van der Waals surface area (Å²) in [6.45, 7) is 5.88. The highest BCUT2D eigenvalue weighted by molar-refractivity contribution is 6.05. The van der Waals surface area contributed by atoms with Crippen LogP contribution in [0.1, 0.15) is 47.3 Å². The Labute approximate surface area is 151 Å². The number of benzene rings is 1. The molecule has 3 aromatic rings. The summed E-state index contributed by atoms with van der Waals surface area (Å²) in [7, 11) is 0. The Hall–Kier alpha value is -3.15. The van der Waals surface area contributed by atoms with E-state index in [4.69, 9.17) is 4.74 Å². The smallest absolute Gasteiger partial charge is 0.274 e. The highest BCUT2D eigenvalue weighted by Crippen LogP contribution is 2.23. The van der Waals surface area contributed by atoms with Crippen molar-refractivity contribution in [1.29, 1.82) is 0 Å². The normalized spacial score (nSPS) is 10.7. The summed E-state index contributed by atoms with van der Waals surface area (Å²) in [4.78, 5) is 29.0. The third-order valence-corrected chi connectivity index (χ3v) is 4.06. The van der Waals surface area contributed by atoms with Gasteiger partial charge in [0.05, 0.1) is 12.3 Å². The first-order valence-electron chi connectivity index (χ1n) is 8.60. The lowest BCUT2D eigenvalue weighted by Crippen LogP contribution is -2.16. The number of fused-ring (bicyclic) bond motifs is 1. The Morgan fingerprint density at radius 2 is 2.00 bits per heavy atom. The molecule has 0 aliphatic rings. The van der Waals surface area contributed by atoms with E-state index in [1.807, 2.05) is 26.0 Å². The molecule has 0 saturated carbocycles. The lowest BCUT2D eigenvalue weighted by Gasteiger charge is -2.08. The maximum absolute atomic E-state index is 12.9. The molecule has 134 valence electrons. The number of aryl methyl sites for hydroxylation is 1. The standard InChI is InChI=1S/C20H21N3O3/c1-4-16-18(23-11-7-10-17(26-5-2)19(23)22-16)20(25)21-15-9-6-8-14(12-15)13(3)24/h6-12H,4-5H2,1-3H3,(H,21,25). The first-order chi connectivity index (χ1) is 12.5. The largest absolute Gasteiger partial charge is 0.490 e. The van der Waals surface area contributed by atoms with Crippen LogP contribution < -0.4 is 10.1 Å². The van der Waals surface area contributed by atoms with Gasteiger partial charge in [0.1, 0.15) is 5.69 Å². The first-order valence-corrected chi connectivity index (χ1v) is 8.60. The molecule has 0 radical (unpaired) electrons. The first kappa shape index (κ1) is 17.7. The molecule has 0 saturated heterocycles. The van der Waals surface area contributed by atoms with Gasteiger partial charge in [0.15, 0.2) is 17.2 Å². The molecule has 1 aromatic carbocycles. The van der Waals surface area contributed by atoms with Crippen molar-refractivity contribution in [2.24, 2.45) is 0 Å². The number of anilines is 1. The minimum absolute atomic E-state index is 0.0495. The fraction of sp³-hybridized carbons (Fsp3) is 0.250. The molecule has 0 bridgehead atoms. The molecule has 0 atom stereocenters. The van der Waals surface area contributed by atoms with Crippen LogP contribution in [0.15, 0.2) is 42.6 Å². The third kappa shape index (κ3) is 3.31. The molecule has 26 heavy (non-hydrogen) atoms. The molecule has 0 aliphatic carbocycles. The van der Waals surface area contributed by atoms with Crippen LogP contribution in [0.2, 0.25) is 0 Å². The fourth-order valence-corrected chi connectivity index (χ4v) is 2.85. The van der Waals surface area contributed by atoms with Gasteiger partial charge in [-0.1, -0.05) is 19.1 Å². The Balaban J connectivity index is 2.01. The Morgan fingerprint density at radius 1 is 1.19 bits per heavy atom. The van der Waals surface area contributed by atoms with E-state index in [-0.39, 0.29) is 11.7 Å². The number of carbonyl (C=O) groups is 2. The number of amides is 1. The molecule has 0 aliphatic heterocycles. The lowest BCUT2D eigenvalue weighted by atomic mass is 10.1. The summed E-state index contributed by atoms with van der Waals surface area (Å²) in [5.41, 5.74) is 2.90. The van der Waals surface area contributed by atoms with Crippen molar-refractivity contribution in [3.05, 3.63) is 59.5 Å². The van der Waals surface area contributed by atoms with Gasteiger partial charge in [0.2, 0.25) is 0 Å². The maximum atomic E-state index is 12.9. The number of nitrogens with zero attached hydrogens (tertiary/aromatic N) is 2. The van der Waals surface area contributed by atoms with Crippen LogP contribution in [0, 0.1) is 0 Å². The van der Waals surface area contributed by atoms with E-state index >= 15 is 0 Å². The summed E-state index contributed by atoms with van der Waals surface area (Å²) in [5, 5.41) is 2.87. The number of aromatic nitrogens is 2. The molecular formula is C20H21N3O3. The lowest BCUT2D eigenvalue weighted by molar-refractivity contribution is 0.100. The summed E-state index contributed by atoms with van der Waals surface area (Å²) in [6, 6.07) is 10.5. The van der Waals surface area contributed by atoms with Crippen LogP contribution in [-0.2, 0) is 6.42 Å². The quantitative estimate of drug-likeness (QED) is 0.687. The minimum Gasteiger partial charge on any atom is -0.490 e. The summed E-state index contributed by atoms with van der Waals surface area (Å²) >= 11 is 0. The second kappa shape index (κ2) is 7.39. The number of imidazole rings is 1. The van der Waals surface area contributed by atoms with Crippen LogP contribution in [0.25, 0.3) is 5.65 Å². The maximum Gasteiger partial charge on any atom is 0.274 e. The zero-order valence-electron chi connectivity index (χ0n) is 15.1. The SMILES string of the molecule is CCOc1cccn2c(C(=O)Nc3cccc(C(C)=O)c3)c(CC)nc12. The second-order valence-electron chi connectivity index (χ2n) is 5.85. The molecule has 6 heteroatoms. The number of hydrogen-bond donors (Lipinski definition) is 1. The van der Waals surface area contributed by atoms with Gasteiger partial charge in [0, 0.05) is 17.4 Å². The van der Waals surface area contributed by atoms with Crippen molar-refractivity contribution >= 4 is 23.0 Å². The van der Waals surface area contributed by atoms with E-state index in [1.165, 1.54) is 6.92 Å². The number of pyridine rings is 1. The van der Waals surface area contributed by atoms with E-state index in [2.05, 4.69) is 10.3 Å². The summed E-state index contributed by atoms with van der Waals surface area (Å²) in [5.74, 6) is 0.317. The number of ketones is 1. The van der Waals surface area contributed by atoms with Crippen molar-refractivity contribution < 1.29 is 14.3 Å². The molecular weight excluding hydrogens is 330 g/mol. The molecule has 6 nitrogen and oxygen atoms in total. The topological polar surface area (TPSA) is 72.7 Å². The zero-order chi connectivity index (χ0) is 18.7. The van der Waals surface area contributed by atoms with E-state index in [0.29, 0.717) is 47.1 Å². The molecule has 1 N–H and O–H groups in total. The Morgan fingerprint density at radius 3 is 2.69 bits per heavy atom. The van der Waals surface area contributed by atoms with Crippen LogP contribution in [0.3, 0.4) is 0 Å².